The summed E-state index contributed by atoms with van der Waals surface area (Å²) in [6, 6.07) is 0. The summed E-state index contributed by atoms with van der Waals surface area (Å²) in [5.74, 6) is 3.07. The second-order valence-electron chi connectivity index (χ2n) is 8.96. The number of aliphatic hydroxyl groups is 1. The molecule has 0 radical (unpaired) electrons. The standard InChI is InChI=1S/C19H33NO3/c21-18(13-20-2-5-22-6-3-20)14-23-4-1-19-10-15-7-16(11-19)9-17(8-15)12-19/h15-18,21H,1-14H2/p+1/t15?,16?,17?,18-,19?/m0/s1. The Labute approximate surface area is 140 Å². The number of morpholine rings is 1. The number of ether oxygens (including phenoxy) is 2. The first-order valence-corrected chi connectivity index (χ1v) is 9.88. The average Bonchev–Trinajstić information content (AvgIpc) is 2.51. The number of hydrogen-bond donors (Lipinski definition) is 2. The Bertz CT molecular complexity index is 359. The molecule has 0 aromatic carbocycles. The van der Waals surface area contributed by atoms with Gasteiger partial charge in [-0.3, -0.25) is 0 Å². The maximum Gasteiger partial charge on any atom is 0.126 e. The molecule has 5 rings (SSSR count). The van der Waals surface area contributed by atoms with Crippen molar-refractivity contribution in [3.63, 3.8) is 0 Å². The summed E-state index contributed by atoms with van der Waals surface area (Å²) in [5, 5.41) is 10.2. The molecule has 1 atom stereocenters. The van der Waals surface area contributed by atoms with Crippen molar-refractivity contribution in [1.82, 2.24) is 0 Å². The van der Waals surface area contributed by atoms with Crippen LogP contribution in [0.4, 0.5) is 0 Å². The molecule has 132 valence electrons. The van der Waals surface area contributed by atoms with Gasteiger partial charge < -0.3 is 19.5 Å². The van der Waals surface area contributed by atoms with Gasteiger partial charge in [0.25, 0.3) is 0 Å². The van der Waals surface area contributed by atoms with Gasteiger partial charge in [-0.25, -0.2) is 0 Å². The predicted molar refractivity (Wildman–Crippen MR) is 88.4 cm³/mol. The highest BCUT2D eigenvalue weighted by atomic mass is 16.5. The van der Waals surface area contributed by atoms with Crippen LogP contribution in [0.3, 0.4) is 0 Å². The van der Waals surface area contributed by atoms with Gasteiger partial charge in [0.05, 0.1) is 19.8 Å². The zero-order chi connectivity index (χ0) is 15.7. The Hall–Kier alpha value is -0.160. The molecule has 2 N–H and O–H groups in total. The number of aliphatic hydroxyl groups excluding tert-OH is 1. The van der Waals surface area contributed by atoms with E-state index in [0.717, 1.165) is 57.2 Å². The van der Waals surface area contributed by atoms with E-state index in [1.807, 2.05) is 0 Å². The SMILES string of the molecule is O[C@H](COCCC12CC3CC(CC(C3)C1)C2)C[NH+]1CCOCC1. The number of nitrogens with one attached hydrogen (secondary N) is 1. The highest BCUT2D eigenvalue weighted by Gasteiger charge is 2.50. The monoisotopic (exact) mass is 324 g/mol. The topological polar surface area (TPSA) is 43.1 Å². The van der Waals surface area contributed by atoms with E-state index in [1.54, 1.807) is 0 Å². The van der Waals surface area contributed by atoms with Gasteiger partial charge in [0, 0.05) is 6.61 Å². The van der Waals surface area contributed by atoms with Crippen molar-refractivity contribution in [2.24, 2.45) is 23.2 Å². The molecule has 0 spiro atoms. The van der Waals surface area contributed by atoms with Crippen LogP contribution in [0.5, 0.6) is 0 Å². The molecule has 23 heavy (non-hydrogen) atoms. The lowest BCUT2D eigenvalue weighted by molar-refractivity contribution is -0.911. The van der Waals surface area contributed by atoms with Crippen LogP contribution in [0, 0.1) is 23.2 Å². The molecule has 0 aromatic rings. The first-order valence-electron chi connectivity index (χ1n) is 9.88. The minimum absolute atomic E-state index is 0.320. The molecule has 0 aromatic heterocycles. The summed E-state index contributed by atoms with van der Waals surface area (Å²) in [5.41, 5.74) is 0.606. The molecule has 0 unspecified atom stereocenters. The summed E-state index contributed by atoms with van der Waals surface area (Å²) in [4.78, 5) is 1.45. The molecule has 1 aliphatic heterocycles. The third-order valence-corrected chi connectivity index (χ3v) is 6.98. The Morgan fingerprint density at radius 2 is 1.65 bits per heavy atom. The Morgan fingerprint density at radius 3 is 2.26 bits per heavy atom. The summed E-state index contributed by atoms with van der Waals surface area (Å²) in [6.07, 6.45) is 9.84. The van der Waals surface area contributed by atoms with Crippen molar-refractivity contribution in [1.29, 1.82) is 0 Å². The number of hydrogen-bond acceptors (Lipinski definition) is 3. The van der Waals surface area contributed by atoms with Gasteiger partial charge in [0.2, 0.25) is 0 Å². The molecule has 1 saturated heterocycles. The zero-order valence-corrected chi connectivity index (χ0v) is 14.5. The Balaban J connectivity index is 1.16. The lowest BCUT2D eigenvalue weighted by atomic mass is 9.49. The normalized spacial score (nSPS) is 41.3. The minimum Gasteiger partial charge on any atom is -0.385 e. The van der Waals surface area contributed by atoms with Gasteiger partial charge in [0.15, 0.2) is 0 Å². The van der Waals surface area contributed by atoms with Crippen LogP contribution in [0.25, 0.3) is 0 Å². The predicted octanol–water partition coefficient (Wildman–Crippen LogP) is 0.886. The van der Waals surface area contributed by atoms with E-state index in [4.69, 9.17) is 9.47 Å². The average molecular weight is 324 g/mol. The summed E-state index contributed by atoms with van der Waals surface area (Å²) >= 11 is 0. The summed E-state index contributed by atoms with van der Waals surface area (Å²) < 4.78 is 11.2. The molecule has 4 nitrogen and oxygen atoms in total. The molecule has 1 heterocycles. The van der Waals surface area contributed by atoms with Crippen LogP contribution in [-0.4, -0.2) is 57.3 Å². The van der Waals surface area contributed by atoms with Crippen molar-refractivity contribution in [2.75, 3.05) is 46.1 Å². The summed E-state index contributed by atoms with van der Waals surface area (Å²) in [7, 11) is 0. The van der Waals surface area contributed by atoms with Gasteiger partial charge in [-0.05, 0) is 68.1 Å². The van der Waals surface area contributed by atoms with Crippen molar-refractivity contribution in [3.8, 4) is 0 Å². The number of quaternary nitrogens is 1. The molecule has 5 fully saturated rings. The largest absolute Gasteiger partial charge is 0.385 e. The van der Waals surface area contributed by atoms with Crippen LogP contribution in [0.2, 0.25) is 0 Å². The third kappa shape index (κ3) is 3.92. The van der Waals surface area contributed by atoms with E-state index in [9.17, 15) is 5.11 Å². The molecule has 4 heteroatoms. The zero-order valence-electron chi connectivity index (χ0n) is 14.5. The van der Waals surface area contributed by atoms with Crippen LogP contribution in [0.15, 0.2) is 0 Å². The van der Waals surface area contributed by atoms with Crippen molar-refractivity contribution in [2.45, 2.75) is 51.0 Å². The lowest BCUT2D eigenvalue weighted by Gasteiger charge is -2.57. The first-order chi connectivity index (χ1) is 11.2. The van der Waals surface area contributed by atoms with E-state index in [-0.39, 0.29) is 6.10 Å². The van der Waals surface area contributed by atoms with Crippen molar-refractivity contribution in [3.05, 3.63) is 0 Å². The molecule has 5 aliphatic rings. The fourth-order valence-corrected chi connectivity index (χ4v) is 6.36. The van der Waals surface area contributed by atoms with Crippen molar-refractivity contribution >= 4 is 0 Å². The van der Waals surface area contributed by atoms with Gasteiger partial charge in [0.1, 0.15) is 25.7 Å². The smallest absolute Gasteiger partial charge is 0.126 e. The maximum atomic E-state index is 10.2. The fourth-order valence-electron chi connectivity index (χ4n) is 6.36. The highest BCUT2D eigenvalue weighted by molar-refractivity contribution is 5.01. The van der Waals surface area contributed by atoms with E-state index < -0.39 is 0 Å². The fraction of sp³-hybridized carbons (Fsp3) is 1.00. The number of rotatable bonds is 7. The second-order valence-corrected chi connectivity index (χ2v) is 8.96. The van der Waals surface area contributed by atoms with Crippen LogP contribution >= 0.6 is 0 Å². The van der Waals surface area contributed by atoms with Crippen LogP contribution in [0.1, 0.15) is 44.9 Å². The van der Waals surface area contributed by atoms with E-state index in [0.29, 0.717) is 12.0 Å². The molecular weight excluding hydrogens is 290 g/mol. The summed E-state index contributed by atoms with van der Waals surface area (Å²) in [6.45, 7) is 5.86. The Morgan fingerprint density at radius 1 is 1.04 bits per heavy atom. The van der Waals surface area contributed by atoms with E-state index in [1.165, 1.54) is 49.8 Å². The van der Waals surface area contributed by atoms with Gasteiger partial charge in [-0.2, -0.15) is 0 Å². The molecule has 0 amide bonds. The third-order valence-electron chi connectivity index (χ3n) is 6.98. The molecule has 4 saturated carbocycles. The second kappa shape index (κ2) is 6.99. The Kier molecular flexibility index (Phi) is 4.96. The minimum atomic E-state index is -0.320. The van der Waals surface area contributed by atoms with E-state index in [2.05, 4.69) is 0 Å². The van der Waals surface area contributed by atoms with Gasteiger partial charge >= 0.3 is 0 Å². The molecule has 4 bridgehead atoms. The lowest BCUT2D eigenvalue weighted by Crippen LogP contribution is -3.15. The van der Waals surface area contributed by atoms with Gasteiger partial charge in [-0.15, -0.1) is 0 Å². The van der Waals surface area contributed by atoms with E-state index >= 15 is 0 Å². The molecular formula is C19H34NO3+. The maximum absolute atomic E-state index is 10.2. The van der Waals surface area contributed by atoms with Crippen LogP contribution < -0.4 is 4.90 Å². The van der Waals surface area contributed by atoms with Crippen LogP contribution in [-0.2, 0) is 9.47 Å². The quantitative estimate of drug-likeness (QED) is 0.684. The van der Waals surface area contributed by atoms with Crippen molar-refractivity contribution < 1.29 is 19.5 Å². The van der Waals surface area contributed by atoms with Gasteiger partial charge in [-0.1, -0.05) is 0 Å². The highest BCUT2D eigenvalue weighted by Crippen LogP contribution is 2.61. The molecule has 4 aliphatic carbocycles. The first kappa shape index (κ1) is 16.3.